The smallest absolute Gasteiger partial charge is 0.407 e. The number of imidazole rings is 1. The number of H-pyrrole nitrogens is 1. The number of benzene rings is 3. The Morgan fingerprint density at radius 2 is 1.35 bits per heavy atom. The predicted molar refractivity (Wildman–Crippen MR) is 243 cm³/mol. The second-order valence-corrected chi connectivity index (χ2v) is 18.6. The summed E-state index contributed by atoms with van der Waals surface area (Å²) in [6.07, 6.45) is 1.46. The molecule has 0 unspecified atom stereocenters. The SMILES string of the molecule is COC(=O)C[C@H](C(=O)N1C[C@@H](C)C[C@H]1C1=NC(Cl)=C(c2ccc(-c3ccc4cc(-c5nc([C@@H]6C[C@H](C)CN6C(=O)[C@@H](NC(=O)OC)C(C)C)[nH]c5Cl)ccc4c3)cc2)C1)C(C)C. The summed E-state index contributed by atoms with van der Waals surface area (Å²) in [5.74, 6) is -0.0975. The van der Waals surface area contributed by atoms with Gasteiger partial charge in [-0.25, -0.2) is 14.8 Å². The van der Waals surface area contributed by atoms with Crippen molar-refractivity contribution in [2.75, 3.05) is 27.3 Å². The third-order valence-electron chi connectivity index (χ3n) is 12.6. The highest BCUT2D eigenvalue weighted by molar-refractivity contribution is 6.35. The van der Waals surface area contributed by atoms with E-state index in [0.717, 1.165) is 50.7 Å². The number of hydrogen-bond acceptors (Lipinski definition) is 8. The lowest BCUT2D eigenvalue weighted by molar-refractivity contribution is -0.148. The maximum atomic E-state index is 13.9. The van der Waals surface area contributed by atoms with Gasteiger partial charge in [0.1, 0.15) is 27.9 Å². The fourth-order valence-electron chi connectivity index (χ4n) is 9.17. The Balaban J connectivity index is 1.04. The van der Waals surface area contributed by atoms with Crippen LogP contribution in [0.4, 0.5) is 4.79 Å². The summed E-state index contributed by atoms with van der Waals surface area (Å²) in [5, 5.41) is 5.62. The number of methoxy groups -OCH3 is 2. The number of rotatable bonds is 12. The molecule has 12 nitrogen and oxygen atoms in total. The Labute approximate surface area is 373 Å². The number of carbonyl (C=O) groups excluding carboxylic acids is 4. The first-order chi connectivity index (χ1) is 29.6. The summed E-state index contributed by atoms with van der Waals surface area (Å²) in [4.78, 5) is 68.6. The number of ether oxygens (including phenoxy) is 2. The normalized spacial score (nSPS) is 21.2. The quantitative estimate of drug-likeness (QED) is 0.106. The van der Waals surface area contributed by atoms with Crippen LogP contribution in [0.15, 0.2) is 70.8 Å². The molecule has 0 spiro atoms. The van der Waals surface area contributed by atoms with E-state index in [1.807, 2.05) is 38.7 Å². The topological polar surface area (TPSA) is 146 Å². The van der Waals surface area contributed by atoms with Crippen LogP contribution < -0.4 is 5.32 Å². The molecule has 7 rings (SSSR count). The third-order valence-corrected chi connectivity index (χ3v) is 13.2. The first-order valence-electron chi connectivity index (χ1n) is 21.4. The number of halogens is 2. The lowest BCUT2D eigenvalue weighted by atomic mass is 9.90. The van der Waals surface area contributed by atoms with E-state index in [9.17, 15) is 19.2 Å². The van der Waals surface area contributed by atoms with E-state index in [2.05, 4.69) is 78.7 Å². The summed E-state index contributed by atoms with van der Waals surface area (Å²) in [6, 6.07) is 19.5. The molecule has 62 heavy (non-hydrogen) atoms. The van der Waals surface area contributed by atoms with E-state index < -0.39 is 18.1 Å². The van der Waals surface area contributed by atoms with E-state index in [-0.39, 0.29) is 54.0 Å². The fourth-order valence-corrected chi connectivity index (χ4v) is 9.70. The highest BCUT2D eigenvalue weighted by Gasteiger charge is 2.43. The molecule has 2 saturated heterocycles. The number of nitrogens with one attached hydrogen (secondary N) is 2. The number of amides is 3. The Bertz CT molecular complexity index is 2430. The van der Waals surface area contributed by atoms with Gasteiger partial charge in [0.15, 0.2) is 0 Å². The van der Waals surface area contributed by atoms with Crippen LogP contribution in [0, 0.1) is 29.6 Å². The molecular formula is C48H56Cl2N6O6. The number of aromatic nitrogens is 2. The van der Waals surface area contributed by atoms with Crippen LogP contribution in [0.3, 0.4) is 0 Å². The van der Waals surface area contributed by atoms with E-state index in [1.54, 1.807) is 4.90 Å². The molecule has 0 bridgehead atoms. The number of hydrogen-bond donors (Lipinski definition) is 2. The Morgan fingerprint density at radius 1 is 0.774 bits per heavy atom. The van der Waals surface area contributed by atoms with Gasteiger partial charge in [-0.1, -0.05) is 113 Å². The van der Waals surface area contributed by atoms with Crippen LogP contribution in [0.25, 0.3) is 38.7 Å². The standard InChI is InChI=1S/C48H56Cl2N6O6/c1-25(2)35(22-40(57)61-7)46(58)55-23-27(5)17-38(55)37-21-36(43(49)51-37)30-11-9-29(10-12-30)31-13-14-33-20-34(16-15-32(33)19-31)42-44(50)54-45(52-42)39-18-28(6)24-56(39)47(59)41(26(3)4)53-48(60)62-8/h9-16,19-20,25-28,35,38-39,41H,17-18,21-24H2,1-8H3,(H,52,54)(H,53,60)/t27-,28-,35-,38-,39-,41-/m0/s1. The maximum Gasteiger partial charge on any atom is 0.407 e. The molecule has 0 radical (unpaired) electrons. The number of esters is 1. The molecule has 0 aliphatic carbocycles. The minimum atomic E-state index is -0.739. The van der Waals surface area contributed by atoms with Crippen molar-refractivity contribution in [3.63, 3.8) is 0 Å². The van der Waals surface area contributed by atoms with Crippen molar-refractivity contribution in [2.45, 2.75) is 85.4 Å². The molecule has 2 N–H and O–H groups in total. The molecule has 0 saturated carbocycles. The zero-order valence-electron chi connectivity index (χ0n) is 36.6. The van der Waals surface area contributed by atoms with Gasteiger partial charge in [0.2, 0.25) is 11.8 Å². The number of fused-ring (bicyclic) bond motifs is 1. The summed E-state index contributed by atoms with van der Waals surface area (Å²) < 4.78 is 9.70. The predicted octanol–water partition coefficient (Wildman–Crippen LogP) is 9.66. The van der Waals surface area contributed by atoms with Gasteiger partial charge >= 0.3 is 12.1 Å². The zero-order chi connectivity index (χ0) is 44.6. The number of allylic oxidation sites excluding steroid dienone is 1. The number of alkyl carbamates (subject to hydrolysis) is 1. The van der Waals surface area contributed by atoms with Crippen LogP contribution in [0.5, 0.6) is 0 Å². The van der Waals surface area contributed by atoms with Gasteiger partial charge in [-0.3, -0.25) is 14.4 Å². The van der Waals surface area contributed by atoms with Gasteiger partial charge in [-0.05, 0) is 76.1 Å². The lowest BCUT2D eigenvalue weighted by Gasteiger charge is -2.30. The molecule has 4 aromatic rings. The number of aliphatic imine (C=N–C) groups is 1. The number of likely N-dealkylation sites (tertiary alicyclic amines) is 2. The van der Waals surface area contributed by atoms with Crippen molar-refractivity contribution in [2.24, 2.45) is 34.6 Å². The zero-order valence-corrected chi connectivity index (χ0v) is 38.1. The van der Waals surface area contributed by atoms with Crippen molar-refractivity contribution in [1.29, 1.82) is 0 Å². The van der Waals surface area contributed by atoms with Gasteiger partial charge in [-0.15, -0.1) is 0 Å². The average molecular weight is 884 g/mol. The maximum absolute atomic E-state index is 13.9. The molecule has 2 fully saturated rings. The van der Waals surface area contributed by atoms with E-state index in [0.29, 0.717) is 53.7 Å². The lowest BCUT2D eigenvalue weighted by Crippen LogP contribution is -2.51. The number of nitrogens with zero attached hydrogens (tertiary/aromatic N) is 4. The molecular weight excluding hydrogens is 827 g/mol. The third kappa shape index (κ3) is 9.27. The molecule has 6 atom stereocenters. The molecule has 328 valence electrons. The van der Waals surface area contributed by atoms with Crippen LogP contribution in [0.1, 0.15) is 84.7 Å². The molecule has 3 aliphatic heterocycles. The van der Waals surface area contributed by atoms with E-state index >= 15 is 0 Å². The van der Waals surface area contributed by atoms with Gasteiger partial charge in [0, 0.05) is 36.4 Å². The summed E-state index contributed by atoms with van der Waals surface area (Å²) in [7, 11) is 2.63. The van der Waals surface area contributed by atoms with Gasteiger partial charge in [0.25, 0.3) is 0 Å². The van der Waals surface area contributed by atoms with Crippen molar-refractivity contribution >= 4 is 69.1 Å². The Hall–Kier alpha value is -5.20. The monoisotopic (exact) mass is 882 g/mol. The molecule has 14 heteroatoms. The Morgan fingerprint density at radius 3 is 1.97 bits per heavy atom. The second kappa shape index (κ2) is 18.6. The van der Waals surface area contributed by atoms with Crippen LogP contribution in [-0.2, 0) is 23.9 Å². The van der Waals surface area contributed by atoms with Gasteiger partial charge in [-0.2, -0.15) is 0 Å². The first kappa shape index (κ1) is 44.8. The molecule has 3 aliphatic rings. The largest absolute Gasteiger partial charge is 0.469 e. The van der Waals surface area contributed by atoms with Gasteiger partial charge < -0.3 is 29.6 Å². The highest BCUT2D eigenvalue weighted by atomic mass is 35.5. The van der Waals surface area contributed by atoms with E-state index in [4.69, 9.17) is 42.7 Å². The van der Waals surface area contributed by atoms with Crippen molar-refractivity contribution in [1.82, 2.24) is 25.1 Å². The van der Waals surface area contributed by atoms with Crippen molar-refractivity contribution in [3.05, 3.63) is 82.4 Å². The van der Waals surface area contributed by atoms with Crippen LogP contribution in [-0.4, -0.2) is 88.7 Å². The number of carbonyl (C=O) groups is 4. The average Bonchev–Trinajstić information content (AvgIpc) is 4.05. The Kier molecular flexibility index (Phi) is 13.5. The fraction of sp³-hybridized carbons (Fsp3) is 0.458. The summed E-state index contributed by atoms with van der Waals surface area (Å²) >= 11 is 13.6. The van der Waals surface area contributed by atoms with Crippen LogP contribution >= 0.6 is 23.2 Å². The summed E-state index contributed by atoms with van der Waals surface area (Å²) in [6.45, 7) is 13.1. The summed E-state index contributed by atoms with van der Waals surface area (Å²) in [5.41, 5.74) is 6.35. The van der Waals surface area contributed by atoms with Crippen molar-refractivity contribution < 1.29 is 28.7 Å². The molecule has 3 amide bonds. The van der Waals surface area contributed by atoms with Gasteiger partial charge in [0.05, 0.1) is 38.6 Å². The number of aromatic amines is 1. The molecule has 3 aromatic carbocycles. The van der Waals surface area contributed by atoms with Crippen LogP contribution in [0.2, 0.25) is 5.15 Å². The van der Waals surface area contributed by atoms with E-state index in [1.165, 1.54) is 14.2 Å². The molecule has 4 heterocycles. The second-order valence-electron chi connectivity index (χ2n) is 17.9. The first-order valence-corrected chi connectivity index (χ1v) is 22.2. The highest BCUT2D eigenvalue weighted by Crippen LogP contribution is 2.40. The minimum Gasteiger partial charge on any atom is -0.469 e. The van der Waals surface area contributed by atoms with Crippen molar-refractivity contribution in [3.8, 4) is 22.4 Å². The minimum absolute atomic E-state index is 0.0169. The molecule has 1 aromatic heterocycles.